The minimum Gasteiger partial charge on any atom is -0.325 e. The molecule has 1 amide bonds. The molecule has 1 aromatic heterocycles. The molecular formula is C18H17N3O2S. The van der Waals surface area contributed by atoms with Gasteiger partial charge in [-0.05, 0) is 36.8 Å². The van der Waals surface area contributed by atoms with Crippen LogP contribution in [0.1, 0.15) is 17.3 Å². The van der Waals surface area contributed by atoms with E-state index < -0.39 is 0 Å². The third kappa shape index (κ3) is 3.49. The lowest BCUT2D eigenvalue weighted by Crippen LogP contribution is -2.15. The van der Waals surface area contributed by atoms with E-state index in [9.17, 15) is 9.59 Å². The Hall–Kier alpha value is -2.60. The van der Waals surface area contributed by atoms with Gasteiger partial charge in [-0.2, -0.15) is 0 Å². The number of carbonyl (C=O) groups excluding carboxylic acids is 2. The Morgan fingerprint density at radius 1 is 1.17 bits per heavy atom. The molecule has 0 aliphatic heterocycles. The average Bonchev–Trinajstić information content (AvgIpc) is 2.91. The van der Waals surface area contributed by atoms with E-state index in [1.165, 1.54) is 18.7 Å². The number of para-hydroxylation sites is 2. The van der Waals surface area contributed by atoms with Crippen molar-refractivity contribution >= 4 is 40.3 Å². The Balaban J connectivity index is 1.74. The zero-order valence-corrected chi connectivity index (χ0v) is 14.3. The number of hydrogen-bond donors (Lipinski definition) is 1. The van der Waals surface area contributed by atoms with Crippen LogP contribution in [0.4, 0.5) is 5.69 Å². The third-order valence-corrected chi connectivity index (χ3v) is 4.42. The zero-order chi connectivity index (χ0) is 17.1. The van der Waals surface area contributed by atoms with Crippen LogP contribution in [0, 0.1) is 6.92 Å². The molecule has 0 unspecified atom stereocenters. The summed E-state index contributed by atoms with van der Waals surface area (Å²) in [6.45, 7) is 3.46. The van der Waals surface area contributed by atoms with Crippen molar-refractivity contribution < 1.29 is 9.59 Å². The molecule has 0 aliphatic rings. The number of imidazole rings is 1. The topological polar surface area (TPSA) is 64.0 Å². The molecule has 3 rings (SSSR count). The number of fused-ring (bicyclic) bond motifs is 1. The van der Waals surface area contributed by atoms with Crippen LogP contribution in [0.25, 0.3) is 11.0 Å². The van der Waals surface area contributed by atoms with Gasteiger partial charge in [-0.15, -0.1) is 0 Å². The maximum Gasteiger partial charge on any atom is 0.234 e. The normalized spacial score (nSPS) is 10.8. The quantitative estimate of drug-likeness (QED) is 0.736. The summed E-state index contributed by atoms with van der Waals surface area (Å²) >= 11 is 1.25. The smallest absolute Gasteiger partial charge is 0.234 e. The molecule has 0 atom stereocenters. The van der Waals surface area contributed by atoms with Crippen molar-refractivity contribution in [1.29, 1.82) is 0 Å². The number of aromatic nitrogens is 2. The van der Waals surface area contributed by atoms with Crippen LogP contribution in [0.3, 0.4) is 0 Å². The number of nitrogens with zero attached hydrogens (tertiary/aromatic N) is 2. The molecule has 0 spiro atoms. The van der Waals surface area contributed by atoms with E-state index in [1.807, 2.05) is 55.5 Å². The molecule has 0 fully saturated rings. The molecule has 24 heavy (non-hydrogen) atoms. The number of aryl methyl sites for hydroxylation is 1. The first-order valence-electron chi connectivity index (χ1n) is 7.52. The van der Waals surface area contributed by atoms with Crippen LogP contribution in [0.5, 0.6) is 0 Å². The molecule has 1 heterocycles. The predicted octanol–water partition coefficient (Wildman–Crippen LogP) is 3.74. The molecule has 0 bridgehead atoms. The molecule has 1 N–H and O–H groups in total. The van der Waals surface area contributed by atoms with E-state index in [1.54, 1.807) is 4.57 Å². The summed E-state index contributed by atoms with van der Waals surface area (Å²) in [5.41, 5.74) is 3.35. The summed E-state index contributed by atoms with van der Waals surface area (Å²) in [4.78, 5) is 28.5. The van der Waals surface area contributed by atoms with Crippen molar-refractivity contribution in [3.05, 3.63) is 54.1 Å². The standard InChI is InChI=1S/C18H17N3O2S/c1-12-6-5-7-14(10-12)19-17(23)11-24-18-20-15-8-3-4-9-16(15)21(18)13(2)22/h3-10H,11H2,1-2H3,(H,19,23). The van der Waals surface area contributed by atoms with Crippen LogP contribution in [-0.4, -0.2) is 27.1 Å². The molecular weight excluding hydrogens is 322 g/mol. The maximum atomic E-state index is 12.1. The minimum atomic E-state index is -0.132. The molecule has 2 aromatic carbocycles. The van der Waals surface area contributed by atoms with E-state index in [4.69, 9.17) is 0 Å². The number of anilines is 1. The molecule has 0 saturated carbocycles. The Labute approximate surface area is 144 Å². The lowest BCUT2D eigenvalue weighted by molar-refractivity contribution is -0.113. The second kappa shape index (κ2) is 6.88. The van der Waals surface area contributed by atoms with Crippen LogP contribution in [0.15, 0.2) is 53.7 Å². The lowest BCUT2D eigenvalue weighted by Gasteiger charge is -2.06. The summed E-state index contributed by atoms with van der Waals surface area (Å²) < 4.78 is 1.54. The highest BCUT2D eigenvalue weighted by molar-refractivity contribution is 7.99. The summed E-state index contributed by atoms with van der Waals surface area (Å²) in [6.07, 6.45) is 0. The number of amides is 1. The number of benzene rings is 2. The van der Waals surface area contributed by atoms with E-state index in [0.29, 0.717) is 5.16 Å². The van der Waals surface area contributed by atoms with Crippen LogP contribution >= 0.6 is 11.8 Å². The second-order valence-electron chi connectivity index (χ2n) is 5.44. The van der Waals surface area contributed by atoms with Gasteiger partial charge in [0.05, 0.1) is 16.8 Å². The summed E-state index contributed by atoms with van der Waals surface area (Å²) in [5, 5.41) is 3.38. The van der Waals surface area contributed by atoms with Crippen molar-refractivity contribution in [2.45, 2.75) is 19.0 Å². The van der Waals surface area contributed by atoms with Crippen molar-refractivity contribution in [2.24, 2.45) is 0 Å². The average molecular weight is 339 g/mol. The van der Waals surface area contributed by atoms with Gasteiger partial charge in [0.25, 0.3) is 0 Å². The molecule has 3 aromatic rings. The van der Waals surface area contributed by atoms with Gasteiger partial charge in [-0.3, -0.25) is 14.2 Å². The fourth-order valence-corrected chi connectivity index (χ4v) is 3.31. The lowest BCUT2D eigenvalue weighted by atomic mass is 10.2. The van der Waals surface area contributed by atoms with Crippen LogP contribution < -0.4 is 5.32 Å². The number of rotatable bonds is 4. The maximum absolute atomic E-state index is 12.1. The van der Waals surface area contributed by atoms with Crippen molar-refractivity contribution in [1.82, 2.24) is 9.55 Å². The SMILES string of the molecule is CC(=O)n1c(SCC(=O)Nc2cccc(C)c2)nc2ccccc21. The number of nitrogens with one attached hydrogen (secondary N) is 1. The van der Waals surface area contributed by atoms with E-state index in [-0.39, 0.29) is 17.6 Å². The van der Waals surface area contributed by atoms with Gasteiger partial charge in [-0.25, -0.2) is 4.98 Å². The highest BCUT2D eigenvalue weighted by atomic mass is 32.2. The second-order valence-corrected chi connectivity index (χ2v) is 6.39. The highest BCUT2D eigenvalue weighted by Gasteiger charge is 2.15. The molecule has 6 heteroatoms. The molecule has 0 aliphatic carbocycles. The summed E-state index contributed by atoms with van der Waals surface area (Å²) in [5.74, 6) is -0.0667. The molecule has 0 saturated heterocycles. The predicted molar refractivity (Wildman–Crippen MR) is 96.6 cm³/mol. The van der Waals surface area contributed by atoms with Crippen molar-refractivity contribution in [2.75, 3.05) is 11.1 Å². The third-order valence-electron chi connectivity index (χ3n) is 3.48. The largest absolute Gasteiger partial charge is 0.325 e. The van der Waals surface area contributed by atoms with Crippen LogP contribution in [0.2, 0.25) is 0 Å². The Bertz CT molecular complexity index is 918. The minimum absolute atomic E-state index is 0.120. The zero-order valence-electron chi connectivity index (χ0n) is 13.4. The van der Waals surface area contributed by atoms with E-state index >= 15 is 0 Å². The van der Waals surface area contributed by atoms with E-state index in [0.717, 1.165) is 22.3 Å². The van der Waals surface area contributed by atoms with Crippen molar-refractivity contribution in [3.63, 3.8) is 0 Å². The number of hydrogen-bond acceptors (Lipinski definition) is 4. The Morgan fingerprint density at radius 2 is 1.96 bits per heavy atom. The van der Waals surface area contributed by atoms with Crippen molar-refractivity contribution in [3.8, 4) is 0 Å². The first-order valence-corrected chi connectivity index (χ1v) is 8.51. The fourth-order valence-electron chi connectivity index (χ4n) is 2.46. The van der Waals surface area contributed by atoms with Gasteiger partial charge in [0, 0.05) is 12.6 Å². The summed E-state index contributed by atoms with van der Waals surface area (Å²) in [6, 6.07) is 15.1. The van der Waals surface area contributed by atoms with Gasteiger partial charge in [0.2, 0.25) is 11.8 Å². The number of carbonyl (C=O) groups is 2. The summed E-state index contributed by atoms with van der Waals surface area (Å²) in [7, 11) is 0. The Kier molecular flexibility index (Phi) is 4.66. The molecule has 5 nitrogen and oxygen atoms in total. The number of thioether (sulfide) groups is 1. The van der Waals surface area contributed by atoms with Gasteiger partial charge in [-0.1, -0.05) is 36.0 Å². The Morgan fingerprint density at radius 3 is 2.71 bits per heavy atom. The van der Waals surface area contributed by atoms with E-state index in [2.05, 4.69) is 10.3 Å². The van der Waals surface area contributed by atoms with Gasteiger partial charge < -0.3 is 5.32 Å². The molecule has 0 radical (unpaired) electrons. The first-order chi connectivity index (χ1) is 11.5. The van der Waals surface area contributed by atoms with Gasteiger partial charge in [0.15, 0.2) is 5.16 Å². The van der Waals surface area contributed by atoms with Gasteiger partial charge in [0.1, 0.15) is 0 Å². The van der Waals surface area contributed by atoms with Gasteiger partial charge >= 0.3 is 0 Å². The monoisotopic (exact) mass is 339 g/mol. The fraction of sp³-hybridized carbons (Fsp3) is 0.167. The van der Waals surface area contributed by atoms with Crippen LogP contribution in [-0.2, 0) is 4.79 Å². The first kappa shape index (κ1) is 16.3. The highest BCUT2D eigenvalue weighted by Crippen LogP contribution is 2.24. The molecule has 122 valence electrons.